The van der Waals surface area contributed by atoms with Crippen LogP contribution in [0, 0.1) is 10.1 Å². The van der Waals surface area contributed by atoms with Crippen LogP contribution in [0.15, 0.2) is 47.7 Å². The van der Waals surface area contributed by atoms with Gasteiger partial charge in [0, 0.05) is 17.8 Å². The zero-order valence-electron chi connectivity index (χ0n) is 10.8. The molecule has 0 aliphatic heterocycles. The van der Waals surface area contributed by atoms with Crippen LogP contribution in [-0.2, 0) is 0 Å². The van der Waals surface area contributed by atoms with Crippen molar-refractivity contribution in [3.05, 3.63) is 58.3 Å². The van der Waals surface area contributed by atoms with Crippen LogP contribution < -0.4 is 11.2 Å². The Morgan fingerprint density at radius 2 is 2.10 bits per heavy atom. The van der Waals surface area contributed by atoms with Crippen LogP contribution in [0.5, 0.6) is 0 Å². The van der Waals surface area contributed by atoms with E-state index in [0.717, 1.165) is 5.56 Å². The lowest BCUT2D eigenvalue weighted by Crippen LogP contribution is -2.23. The summed E-state index contributed by atoms with van der Waals surface area (Å²) in [6.07, 6.45) is 3.06. The van der Waals surface area contributed by atoms with E-state index in [2.05, 4.69) is 27.7 Å². The average molecular weight is 301 g/mol. The molecule has 0 unspecified atom stereocenters. The summed E-state index contributed by atoms with van der Waals surface area (Å²) >= 11 is 4.62. The van der Waals surface area contributed by atoms with Crippen molar-refractivity contribution in [3.8, 4) is 11.3 Å². The van der Waals surface area contributed by atoms with Crippen LogP contribution in [0.3, 0.4) is 0 Å². The molecule has 2 aromatic rings. The number of rotatable bonds is 4. The van der Waals surface area contributed by atoms with Crippen molar-refractivity contribution < 1.29 is 4.92 Å². The minimum absolute atomic E-state index is 0.0333. The number of nitrogens with zero attached hydrogens (tertiary/aromatic N) is 3. The summed E-state index contributed by atoms with van der Waals surface area (Å²) in [5.41, 5.74) is 9.42. The van der Waals surface area contributed by atoms with Gasteiger partial charge in [-0.05, 0) is 23.8 Å². The molecule has 2 rings (SSSR count). The molecule has 21 heavy (non-hydrogen) atoms. The van der Waals surface area contributed by atoms with Gasteiger partial charge in [-0.25, -0.2) is 4.98 Å². The molecule has 1 aromatic carbocycles. The summed E-state index contributed by atoms with van der Waals surface area (Å²) < 4.78 is 0. The summed E-state index contributed by atoms with van der Waals surface area (Å²) in [4.78, 5) is 14.6. The molecule has 1 aromatic heterocycles. The fraction of sp³-hybridized carbons (Fsp3) is 0. The highest BCUT2D eigenvalue weighted by Crippen LogP contribution is 2.26. The van der Waals surface area contributed by atoms with Crippen molar-refractivity contribution in [2.24, 2.45) is 10.8 Å². The minimum Gasteiger partial charge on any atom is -0.375 e. The van der Waals surface area contributed by atoms with Gasteiger partial charge >= 0.3 is 0 Å². The predicted molar refractivity (Wildman–Crippen MR) is 83.8 cm³/mol. The molecule has 1 heterocycles. The number of benzene rings is 1. The number of nitrogens with one attached hydrogen (secondary N) is 1. The third-order valence-electron chi connectivity index (χ3n) is 2.56. The summed E-state index contributed by atoms with van der Waals surface area (Å²) in [7, 11) is 0. The summed E-state index contributed by atoms with van der Waals surface area (Å²) in [6.45, 7) is 0. The maximum Gasteiger partial charge on any atom is 0.295 e. The molecule has 0 spiro atoms. The quantitative estimate of drug-likeness (QED) is 0.386. The number of hydrogen-bond acceptors (Lipinski definition) is 5. The molecule has 0 saturated carbocycles. The van der Waals surface area contributed by atoms with Crippen LogP contribution >= 0.6 is 12.2 Å². The minimum atomic E-state index is -0.455. The van der Waals surface area contributed by atoms with Crippen LogP contribution in [0.1, 0.15) is 5.56 Å². The van der Waals surface area contributed by atoms with Gasteiger partial charge in [0.05, 0.1) is 11.1 Å². The summed E-state index contributed by atoms with van der Waals surface area (Å²) in [5.74, 6) is 0. The molecular formula is C13H11N5O2S. The number of nitro groups is 1. The van der Waals surface area contributed by atoms with Crippen LogP contribution in [-0.4, -0.2) is 21.2 Å². The molecule has 0 fully saturated rings. The van der Waals surface area contributed by atoms with Crippen molar-refractivity contribution in [3.63, 3.8) is 0 Å². The van der Waals surface area contributed by atoms with Crippen molar-refractivity contribution in [1.29, 1.82) is 0 Å². The van der Waals surface area contributed by atoms with Gasteiger partial charge in [-0.2, -0.15) is 5.10 Å². The molecule has 0 atom stereocenters. The van der Waals surface area contributed by atoms with Crippen molar-refractivity contribution in [2.75, 3.05) is 0 Å². The highest BCUT2D eigenvalue weighted by atomic mass is 32.1. The second-order valence-electron chi connectivity index (χ2n) is 3.98. The molecule has 3 N–H and O–H groups in total. The lowest BCUT2D eigenvalue weighted by molar-refractivity contribution is -0.384. The van der Waals surface area contributed by atoms with Gasteiger partial charge in [-0.15, -0.1) is 0 Å². The summed E-state index contributed by atoms with van der Waals surface area (Å²) in [5, 5.41) is 14.9. The van der Waals surface area contributed by atoms with E-state index >= 15 is 0 Å². The number of aromatic nitrogens is 1. The Labute approximate surface area is 125 Å². The molecule has 0 aliphatic carbocycles. The molecule has 7 nitrogen and oxygen atoms in total. The van der Waals surface area contributed by atoms with E-state index < -0.39 is 4.92 Å². The van der Waals surface area contributed by atoms with Crippen LogP contribution in [0.2, 0.25) is 0 Å². The van der Waals surface area contributed by atoms with Gasteiger partial charge < -0.3 is 5.73 Å². The molecule has 0 saturated heterocycles. The van der Waals surface area contributed by atoms with Crippen LogP contribution in [0.4, 0.5) is 5.69 Å². The SMILES string of the molecule is NC(=S)NN=Cc1ccc(-c2ncccc2[N+](=O)[O-])cc1. The number of nitrogens with two attached hydrogens (primary N) is 1. The van der Waals surface area contributed by atoms with Crippen molar-refractivity contribution in [2.45, 2.75) is 0 Å². The van der Waals surface area contributed by atoms with Gasteiger partial charge in [0.15, 0.2) is 5.11 Å². The maximum atomic E-state index is 11.0. The van der Waals surface area contributed by atoms with Gasteiger partial charge in [0.1, 0.15) is 5.69 Å². The predicted octanol–water partition coefficient (Wildman–Crippen LogP) is 1.82. The Morgan fingerprint density at radius 1 is 1.38 bits per heavy atom. The Kier molecular flexibility index (Phi) is 4.52. The second kappa shape index (κ2) is 6.53. The highest BCUT2D eigenvalue weighted by molar-refractivity contribution is 7.80. The van der Waals surface area contributed by atoms with E-state index in [1.54, 1.807) is 24.3 Å². The molecule has 106 valence electrons. The first-order valence-corrected chi connectivity index (χ1v) is 6.27. The zero-order valence-corrected chi connectivity index (χ0v) is 11.6. The van der Waals surface area contributed by atoms with Crippen molar-refractivity contribution >= 4 is 29.2 Å². The lowest BCUT2D eigenvalue weighted by atomic mass is 10.1. The first-order chi connectivity index (χ1) is 10.1. The van der Waals surface area contributed by atoms with E-state index in [-0.39, 0.29) is 10.8 Å². The Morgan fingerprint density at radius 3 is 2.71 bits per heavy atom. The summed E-state index contributed by atoms with van der Waals surface area (Å²) in [6, 6.07) is 9.94. The smallest absolute Gasteiger partial charge is 0.295 e. The Hall–Kier alpha value is -2.87. The van der Waals surface area contributed by atoms with E-state index in [1.165, 1.54) is 24.5 Å². The van der Waals surface area contributed by atoms with E-state index in [4.69, 9.17) is 5.73 Å². The Balaban J connectivity index is 2.25. The van der Waals surface area contributed by atoms with Gasteiger partial charge in [-0.1, -0.05) is 24.3 Å². The second-order valence-corrected chi connectivity index (χ2v) is 4.42. The fourth-order valence-corrected chi connectivity index (χ4v) is 1.72. The number of pyridine rings is 1. The van der Waals surface area contributed by atoms with Gasteiger partial charge in [0.25, 0.3) is 5.69 Å². The zero-order chi connectivity index (χ0) is 15.2. The fourth-order valence-electron chi connectivity index (χ4n) is 1.66. The highest BCUT2D eigenvalue weighted by Gasteiger charge is 2.15. The lowest BCUT2D eigenvalue weighted by Gasteiger charge is -2.02. The molecule has 0 radical (unpaired) electrons. The van der Waals surface area contributed by atoms with E-state index in [0.29, 0.717) is 11.3 Å². The van der Waals surface area contributed by atoms with Gasteiger partial charge in [0.2, 0.25) is 0 Å². The monoisotopic (exact) mass is 301 g/mol. The standard InChI is InChI=1S/C13H11N5O2S/c14-13(21)17-16-8-9-3-5-10(6-4-9)12-11(18(19)20)2-1-7-15-12/h1-8H,(H3,14,17,21). The molecular weight excluding hydrogens is 290 g/mol. The normalized spacial score (nSPS) is 10.5. The third-order valence-corrected chi connectivity index (χ3v) is 2.65. The number of thiocarbonyl (C=S) groups is 1. The first-order valence-electron chi connectivity index (χ1n) is 5.86. The third kappa shape index (κ3) is 3.80. The van der Waals surface area contributed by atoms with Crippen LogP contribution in [0.25, 0.3) is 11.3 Å². The number of hydrogen-bond donors (Lipinski definition) is 2. The molecule has 8 heteroatoms. The molecule has 0 amide bonds. The Bertz CT molecular complexity index is 700. The topological polar surface area (TPSA) is 106 Å². The van der Waals surface area contributed by atoms with Gasteiger partial charge in [-0.3, -0.25) is 15.5 Å². The molecule has 0 aliphatic rings. The number of hydrazone groups is 1. The van der Waals surface area contributed by atoms with Crippen molar-refractivity contribution in [1.82, 2.24) is 10.4 Å². The molecule has 0 bridgehead atoms. The average Bonchev–Trinajstić information content (AvgIpc) is 2.47. The maximum absolute atomic E-state index is 11.0. The van der Waals surface area contributed by atoms with E-state index in [1.807, 2.05) is 0 Å². The first kappa shape index (κ1) is 14.5. The van der Waals surface area contributed by atoms with E-state index in [9.17, 15) is 10.1 Å². The largest absolute Gasteiger partial charge is 0.375 e.